The molecule has 4 heteroatoms. The van der Waals surface area contributed by atoms with Crippen molar-refractivity contribution >= 4 is 23.3 Å². The van der Waals surface area contributed by atoms with E-state index in [9.17, 15) is 4.79 Å². The van der Waals surface area contributed by atoms with Crippen molar-refractivity contribution in [2.45, 2.75) is 13.8 Å². The lowest BCUT2D eigenvalue weighted by atomic mass is 10.2. The van der Waals surface area contributed by atoms with Crippen LogP contribution in [-0.4, -0.2) is 19.1 Å². The van der Waals surface area contributed by atoms with Crippen molar-refractivity contribution in [1.82, 2.24) is 0 Å². The van der Waals surface area contributed by atoms with E-state index in [0.29, 0.717) is 18.2 Å². The molecule has 0 aromatic heterocycles. The predicted molar refractivity (Wildman–Crippen MR) is 70.5 cm³/mol. The highest BCUT2D eigenvalue weighted by molar-refractivity contribution is 6.33. The molecule has 0 aliphatic heterocycles. The second kappa shape index (κ2) is 6.97. The lowest BCUT2D eigenvalue weighted by Gasteiger charge is -2.06. The quantitative estimate of drug-likeness (QED) is 0.647. The molecule has 3 nitrogen and oxygen atoms in total. The van der Waals surface area contributed by atoms with Crippen LogP contribution in [0.25, 0.3) is 0 Å². The third-order valence-corrected chi connectivity index (χ3v) is 2.40. The Balaban J connectivity index is 2.45. The van der Waals surface area contributed by atoms with Crippen molar-refractivity contribution in [2.75, 3.05) is 18.5 Å². The third kappa shape index (κ3) is 4.91. The van der Waals surface area contributed by atoms with Gasteiger partial charge in [-0.2, -0.15) is 0 Å². The average molecular weight is 254 g/mol. The summed E-state index contributed by atoms with van der Waals surface area (Å²) in [4.78, 5) is 11.0. The van der Waals surface area contributed by atoms with Crippen molar-refractivity contribution in [3.05, 3.63) is 40.9 Å². The summed E-state index contributed by atoms with van der Waals surface area (Å²) in [5.41, 5.74) is 1.99. The van der Waals surface area contributed by atoms with E-state index >= 15 is 0 Å². The van der Waals surface area contributed by atoms with Gasteiger partial charge in [-0.25, -0.2) is 4.79 Å². The summed E-state index contributed by atoms with van der Waals surface area (Å²) in [6.45, 7) is 4.69. The maximum atomic E-state index is 11.0. The summed E-state index contributed by atoms with van der Waals surface area (Å²) in [6.07, 6.45) is 3.11. The van der Waals surface area contributed by atoms with Gasteiger partial charge in [-0.3, -0.25) is 0 Å². The molecule has 0 radical (unpaired) electrons. The fraction of sp³-hybridized carbons (Fsp3) is 0.308. The summed E-state index contributed by atoms with van der Waals surface area (Å²) in [5.74, 6) is -0.329. The summed E-state index contributed by atoms with van der Waals surface area (Å²) in [6, 6.07) is 5.75. The number of anilines is 1. The molecule has 0 saturated heterocycles. The van der Waals surface area contributed by atoms with Crippen LogP contribution in [0.15, 0.2) is 30.4 Å². The van der Waals surface area contributed by atoms with Crippen LogP contribution in [0.1, 0.15) is 12.5 Å². The van der Waals surface area contributed by atoms with Gasteiger partial charge in [0, 0.05) is 12.6 Å². The lowest BCUT2D eigenvalue weighted by Crippen LogP contribution is -2.02. The molecule has 0 fully saturated rings. The smallest absolute Gasteiger partial charge is 0.330 e. The predicted octanol–water partition coefficient (Wildman–Crippen LogP) is 3.18. The van der Waals surface area contributed by atoms with Crippen LogP contribution in [0.3, 0.4) is 0 Å². The Morgan fingerprint density at radius 3 is 3.00 bits per heavy atom. The van der Waals surface area contributed by atoms with Gasteiger partial charge in [0.15, 0.2) is 0 Å². The Morgan fingerprint density at radius 1 is 1.53 bits per heavy atom. The Morgan fingerprint density at radius 2 is 2.29 bits per heavy atom. The number of ether oxygens (including phenoxy) is 1. The first kappa shape index (κ1) is 13.6. The van der Waals surface area contributed by atoms with Gasteiger partial charge in [0.05, 0.1) is 17.3 Å². The molecule has 0 unspecified atom stereocenters. The first-order valence-electron chi connectivity index (χ1n) is 5.46. The van der Waals surface area contributed by atoms with Crippen LogP contribution in [0.4, 0.5) is 5.69 Å². The van der Waals surface area contributed by atoms with E-state index in [1.54, 1.807) is 13.0 Å². The summed E-state index contributed by atoms with van der Waals surface area (Å²) in [7, 11) is 0. The Bertz CT molecular complexity index is 416. The largest absolute Gasteiger partial charge is 0.463 e. The van der Waals surface area contributed by atoms with Crippen molar-refractivity contribution in [2.24, 2.45) is 0 Å². The highest BCUT2D eigenvalue weighted by Crippen LogP contribution is 2.22. The van der Waals surface area contributed by atoms with Gasteiger partial charge < -0.3 is 10.1 Å². The van der Waals surface area contributed by atoms with Gasteiger partial charge in [0.1, 0.15) is 0 Å². The maximum absolute atomic E-state index is 11.0. The Labute approximate surface area is 106 Å². The molecule has 0 amide bonds. The highest BCUT2D eigenvalue weighted by Gasteiger charge is 1.98. The number of carbonyl (C=O) groups excluding carboxylic acids is 1. The van der Waals surface area contributed by atoms with Gasteiger partial charge in [-0.1, -0.05) is 23.7 Å². The minimum atomic E-state index is -0.329. The molecule has 0 aliphatic carbocycles. The number of hydrogen-bond acceptors (Lipinski definition) is 3. The number of aryl methyl sites for hydroxylation is 1. The van der Waals surface area contributed by atoms with Crippen LogP contribution < -0.4 is 5.32 Å². The maximum Gasteiger partial charge on any atom is 0.330 e. The zero-order chi connectivity index (χ0) is 12.7. The lowest BCUT2D eigenvalue weighted by molar-refractivity contribution is -0.137. The molecule has 1 aromatic carbocycles. The van der Waals surface area contributed by atoms with Gasteiger partial charge in [0.25, 0.3) is 0 Å². The molecule has 1 rings (SSSR count). The first-order valence-corrected chi connectivity index (χ1v) is 5.84. The molecular formula is C13H16ClNO2. The molecule has 0 spiro atoms. The van der Waals surface area contributed by atoms with Crippen LogP contribution in [0.5, 0.6) is 0 Å². The van der Waals surface area contributed by atoms with Gasteiger partial charge in [-0.15, -0.1) is 0 Å². The van der Waals surface area contributed by atoms with Crippen molar-refractivity contribution in [1.29, 1.82) is 0 Å². The molecule has 17 heavy (non-hydrogen) atoms. The normalized spacial score (nSPS) is 10.5. The topological polar surface area (TPSA) is 38.3 Å². The van der Waals surface area contributed by atoms with E-state index in [0.717, 1.165) is 11.3 Å². The summed E-state index contributed by atoms with van der Waals surface area (Å²) >= 11 is 6.01. The zero-order valence-electron chi connectivity index (χ0n) is 10.00. The molecule has 0 saturated carbocycles. The van der Waals surface area contributed by atoms with Gasteiger partial charge in [-0.05, 0) is 31.5 Å². The average Bonchev–Trinajstić information content (AvgIpc) is 2.29. The monoisotopic (exact) mass is 253 g/mol. The fourth-order valence-electron chi connectivity index (χ4n) is 1.29. The van der Waals surface area contributed by atoms with Crippen molar-refractivity contribution in [3.8, 4) is 0 Å². The van der Waals surface area contributed by atoms with E-state index in [2.05, 4.69) is 5.32 Å². The minimum Gasteiger partial charge on any atom is -0.463 e. The van der Waals surface area contributed by atoms with Crippen LogP contribution >= 0.6 is 11.6 Å². The Hall–Kier alpha value is -1.48. The fourth-order valence-corrected chi connectivity index (χ4v) is 1.47. The number of nitrogens with one attached hydrogen (secondary N) is 1. The van der Waals surface area contributed by atoms with Crippen molar-refractivity contribution in [3.63, 3.8) is 0 Å². The number of hydrogen-bond donors (Lipinski definition) is 1. The van der Waals surface area contributed by atoms with E-state index in [1.165, 1.54) is 6.08 Å². The highest BCUT2D eigenvalue weighted by atomic mass is 35.5. The molecular weight excluding hydrogens is 238 g/mol. The molecule has 1 aromatic rings. The first-order chi connectivity index (χ1) is 8.13. The number of esters is 1. The molecule has 92 valence electrons. The molecule has 0 heterocycles. The number of rotatable bonds is 5. The third-order valence-electron chi connectivity index (χ3n) is 2.07. The second-order valence-corrected chi connectivity index (χ2v) is 3.93. The standard InChI is InChI=1S/C13H16ClNO2/c1-3-17-13(16)5-4-8-15-12-9-10(2)6-7-11(12)14/h4-7,9,15H,3,8H2,1-2H3/b5-4+. The Kier molecular flexibility index (Phi) is 5.57. The van der Waals surface area contributed by atoms with E-state index in [1.807, 2.05) is 25.1 Å². The SMILES string of the molecule is CCOC(=O)/C=C/CNc1cc(C)ccc1Cl. The molecule has 0 bridgehead atoms. The number of carbonyl (C=O) groups is 1. The second-order valence-electron chi connectivity index (χ2n) is 3.52. The van der Waals surface area contributed by atoms with Crippen LogP contribution in [0.2, 0.25) is 5.02 Å². The summed E-state index contributed by atoms with van der Waals surface area (Å²) in [5, 5.41) is 3.79. The number of benzene rings is 1. The van der Waals surface area contributed by atoms with Gasteiger partial charge >= 0.3 is 5.97 Å². The van der Waals surface area contributed by atoms with E-state index in [4.69, 9.17) is 16.3 Å². The van der Waals surface area contributed by atoms with Crippen molar-refractivity contribution < 1.29 is 9.53 Å². The minimum absolute atomic E-state index is 0.329. The van der Waals surface area contributed by atoms with Crippen LogP contribution in [0, 0.1) is 6.92 Å². The van der Waals surface area contributed by atoms with E-state index < -0.39 is 0 Å². The number of halogens is 1. The molecule has 0 aliphatic rings. The van der Waals surface area contributed by atoms with E-state index in [-0.39, 0.29) is 5.97 Å². The van der Waals surface area contributed by atoms with Crippen LogP contribution in [-0.2, 0) is 9.53 Å². The van der Waals surface area contributed by atoms with Gasteiger partial charge in [0.2, 0.25) is 0 Å². The summed E-state index contributed by atoms with van der Waals surface area (Å²) < 4.78 is 4.76. The molecule has 1 N–H and O–H groups in total. The zero-order valence-corrected chi connectivity index (χ0v) is 10.8. The molecule has 0 atom stereocenters.